The number of halogens is 2. The van der Waals surface area contributed by atoms with E-state index in [1.54, 1.807) is 17.7 Å². The minimum absolute atomic E-state index is 0.0529. The molecule has 0 radical (unpaired) electrons. The van der Waals surface area contributed by atoms with E-state index in [1.807, 2.05) is 6.92 Å². The molecular weight excluding hydrogens is 297 g/mol. The summed E-state index contributed by atoms with van der Waals surface area (Å²) in [6, 6.07) is 0. The molecule has 0 aliphatic carbocycles. The van der Waals surface area contributed by atoms with Crippen molar-refractivity contribution in [3.05, 3.63) is 12.0 Å². The molecule has 104 valence electrons. The van der Waals surface area contributed by atoms with E-state index in [0.29, 0.717) is 12.4 Å². The topological polar surface area (TPSA) is 55.2 Å². The van der Waals surface area contributed by atoms with Gasteiger partial charge in [0.05, 0.1) is 0 Å². The summed E-state index contributed by atoms with van der Waals surface area (Å²) in [7, 11) is -3.60. The van der Waals surface area contributed by atoms with Crippen molar-refractivity contribution in [1.82, 2.24) is 13.9 Å². The van der Waals surface area contributed by atoms with Gasteiger partial charge in [-0.25, -0.2) is 13.4 Å². The van der Waals surface area contributed by atoms with Crippen LogP contribution in [0.15, 0.2) is 11.2 Å². The van der Waals surface area contributed by atoms with Crippen molar-refractivity contribution in [3.63, 3.8) is 0 Å². The first-order chi connectivity index (χ1) is 8.47. The lowest BCUT2D eigenvalue weighted by atomic mass is 10.6. The number of hydrogen-bond acceptors (Lipinski definition) is 3. The fraction of sp³-hybridized carbons (Fsp3) is 0.700. The molecule has 0 aromatic carbocycles. The van der Waals surface area contributed by atoms with Crippen molar-refractivity contribution >= 4 is 33.2 Å². The van der Waals surface area contributed by atoms with Gasteiger partial charge in [-0.05, 0) is 13.8 Å². The zero-order chi connectivity index (χ0) is 13.8. The minimum atomic E-state index is -3.60. The summed E-state index contributed by atoms with van der Waals surface area (Å²) in [6.07, 6.45) is 1.54. The summed E-state index contributed by atoms with van der Waals surface area (Å²) in [5.41, 5.74) is 0. The predicted octanol–water partition coefficient (Wildman–Crippen LogP) is 1.68. The zero-order valence-corrected chi connectivity index (χ0v) is 12.8. The molecule has 1 aromatic heterocycles. The lowest BCUT2D eigenvalue weighted by molar-refractivity contribution is 0.446. The van der Waals surface area contributed by atoms with Crippen LogP contribution in [0.1, 0.15) is 12.7 Å². The van der Waals surface area contributed by atoms with Crippen LogP contribution in [0.4, 0.5) is 0 Å². The normalized spacial score (nSPS) is 12.3. The van der Waals surface area contributed by atoms with E-state index in [9.17, 15) is 8.42 Å². The molecule has 1 heterocycles. The van der Waals surface area contributed by atoms with Gasteiger partial charge in [-0.2, -0.15) is 4.31 Å². The molecular formula is C10H17Cl2N3O2S. The summed E-state index contributed by atoms with van der Waals surface area (Å²) in [5, 5.41) is 0.0529. The second kappa shape index (κ2) is 6.75. The van der Waals surface area contributed by atoms with Crippen molar-refractivity contribution in [1.29, 1.82) is 0 Å². The maximum absolute atomic E-state index is 12.3. The van der Waals surface area contributed by atoms with E-state index >= 15 is 0 Å². The summed E-state index contributed by atoms with van der Waals surface area (Å²) < 4.78 is 27.7. The lowest BCUT2D eigenvalue weighted by Crippen LogP contribution is -2.34. The van der Waals surface area contributed by atoms with E-state index < -0.39 is 10.0 Å². The second-order valence-electron chi connectivity index (χ2n) is 3.69. The number of nitrogens with zero attached hydrogens (tertiary/aromatic N) is 3. The molecule has 1 rings (SSSR count). The van der Waals surface area contributed by atoms with Crippen molar-refractivity contribution < 1.29 is 8.42 Å². The highest BCUT2D eigenvalue weighted by molar-refractivity contribution is 7.89. The third kappa shape index (κ3) is 3.38. The molecule has 0 amide bonds. The van der Waals surface area contributed by atoms with Gasteiger partial charge in [-0.1, -0.05) is 0 Å². The Labute approximate surface area is 118 Å². The predicted molar refractivity (Wildman–Crippen MR) is 72.8 cm³/mol. The van der Waals surface area contributed by atoms with Gasteiger partial charge in [0.2, 0.25) is 0 Å². The van der Waals surface area contributed by atoms with Gasteiger partial charge in [-0.15, -0.1) is 23.2 Å². The Morgan fingerprint density at radius 2 is 1.89 bits per heavy atom. The Kier molecular flexibility index (Phi) is 5.91. The molecule has 1 aromatic rings. The first-order valence-corrected chi connectivity index (χ1v) is 8.14. The van der Waals surface area contributed by atoms with Crippen LogP contribution in [0, 0.1) is 6.92 Å². The summed E-state index contributed by atoms with van der Waals surface area (Å²) in [6.45, 7) is 4.85. The van der Waals surface area contributed by atoms with Gasteiger partial charge >= 0.3 is 0 Å². The molecule has 0 unspecified atom stereocenters. The standard InChI is InChI=1S/C10H17Cl2N3O2S/c1-3-14-8-10(13-9(14)2)18(16,17)15(6-4-11)7-5-12/h8H,3-7H2,1-2H3. The van der Waals surface area contributed by atoms with Crippen LogP contribution in [0.3, 0.4) is 0 Å². The molecule has 0 bridgehead atoms. The Morgan fingerprint density at radius 1 is 1.33 bits per heavy atom. The SMILES string of the molecule is CCn1cc(S(=O)(=O)N(CCCl)CCCl)nc1C. The van der Waals surface area contributed by atoms with E-state index in [-0.39, 0.29) is 29.9 Å². The fourth-order valence-electron chi connectivity index (χ4n) is 1.60. The first kappa shape index (κ1) is 15.8. The number of aromatic nitrogens is 2. The van der Waals surface area contributed by atoms with E-state index in [1.165, 1.54) is 4.31 Å². The van der Waals surface area contributed by atoms with Crippen molar-refractivity contribution in [2.75, 3.05) is 24.8 Å². The number of alkyl halides is 2. The highest BCUT2D eigenvalue weighted by Crippen LogP contribution is 2.15. The number of sulfonamides is 1. The molecule has 0 atom stereocenters. The fourth-order valence-corrected chi connectivity index (χ4v) is 3.64. The number of rotatable bonds is 7. The molecule has 0 N–H and O–H groups in total. The van der Waals surface area contributed by atoms with E-state index in [2.05, 4.69) is 4.98 Å². The average Bonchev–Trinajstić information content (AvgIpc) is 2.71. The molecule has 0 aliphatic heterocycles. The number of imidazole rings is 1. The molecule has 5 nitrogen and oxygen atoms in total. The molecule has 18 heavy (non-hydrogen) atoms. The van der Waals surface area contributed by atoms with Gasteiger partial charge in [0, 0.05) is 37.6 Å². The molecule has 0 saturated heterocycles. The summed E-state index contributed by atoms with van der Waals surface area (Å²) in [4.78, 5) is 4.09. The second-order valence-corrected chi connectivity index (χ2v) is 6.34. The smallest absolute Gasteiger partial charge is 0.262 e. The number of hydrogen-bond donors (Lipinski definition) is 0. The van der Waals surface area contributed by atoms with Gasteiger partial charge in [0.1, 0.15) is 5.82 Å². The van der Waals surface area contributed by atoms with Crippen LogP contribution >= 0.6 is 23.2 Å². The van der Waals surface area contributed by atoms with Crippen LogP contribution in [-0.4, -0.2) is 47.1 Å². The minimum Gasteiger partial charge on any atom is -0.334 e. The maximum Gasteiger partial charge on any atom is 0.262 e. The van der Waals surface area contributed by atoms with Gasteiger partial charge < -0.3 is 4.57 Å². The lowest BCUT2D eigenvalue weighted by Gasteiger charge is -2.18. The molecule has 0 spiro atoms. The molecule has 0 aliphatic rings. The largest absolute Gasteiger partial charge is 0.334 e. The van der Waals surface area contributed by atoms with Gasteiger partial charge in [0.15, 0.2) is 5.03 Å². The van der Waals surface area contributed by atoms with Crippen LogP contribution in [0.2, 0.25) is 0 Å². The average molecular weight is 314 g/mol. The van der Waals surface area contributed by atoms with Crippen LogP contribution in [0.5, 0.6) is 0 Å². The zero-order valence-electron chi connectivity index (χ0n) is 10.4. The van der Waals surface area contributed by atoms with Crippen LogP contribution in [0.25, 0.3) is 0 Å². The van der Waals surface area contributed by atoms with Gasteiger partial charge in [-0.3, -0.25) is 0 Å². The quantitative estimate of drug-likeness (QED) is 0.720. The third-order valence-electron chi connectivity index (χ3n) is 2.57. The van der Waals surface area contributed by atoms with Crippen LogP contribution in [-0.2, 0) is 16.6 Å². The summed E-state index contributed by atoms with van der Waals surface area (Å²) in [5.74, 6) is 1.13. The highest BCUT2D eigenvalue weighted by Gasteiger charge is 2.26. The third-order valence-corrected chi connectivity index (χ3v) is 4.67. The monoisotopic (exact) mass is 313 g/mol. The Morgan fingerprint density at radius 3 is 2.28 bits per heavy atom. The van der Waals surface area contributed by atoms with Gasteiger partial charge in [0.25, 0.3) is 10.0 Å². The van der Waals surface area contributed by atoms with Crippen LogP contribution < -0.4 is 0 Å². The summed E-state index contributed by atoms with van der Waals surface area (Å²) >= 11 is 11.2. The molecule has 8 heteroatoms. The van der Waals surface area contributed by atoms with E-state index in [0.717, 1.165) is 0 Å². The first-order valence-electron chi connectivity index (χ1n) is 5.63. The van der Waals surface area contributed by atoms with Crippen molar-refractivity contribution in [2.24, 2.45) is 0 Å². The van der Waals surface area contributed by atoms with Crippen molar-refractivity contribution in [3.8, 4) is 0 Å². The number of aryl methyl sites for hydroxylation is 2. The van der Waals surface area contributed by atoms with Crippen molar-refractivity contribution in [2.45, 2.75) is 25.4 Å². The van der Waals surface area contributed by atoms with E-state index in [4.69, 9.17) is 23.2 Å². The Bertz CT molecular complexity index is 481. The molecule has 0 fully saturated rings. The Hall–Kier alpha value is -0.300. The Balaban J connectivity index is 3.09. The maximum atomic E-state index is 12.3. The highest BCUT2D eigenvalue weighted by atomic mass is 35.5. The molecule has 0 saturated carbocycles.